The number of anilines is 2. The fourth-order valence-corrected chi connectivity index (χ4v) is 5.78. The fraction of sp³-hybridized carbons (Fsp3) is 0.167. The van der Waals surface area contributed by atoms with Crippen LogP contribution in [0.5, 0.6) is 0 Å². The molecule has 5 aromatic rings. The van der Waals surface area contributed by atoms with Gasteiger partial charge in [-0.05, 0) is 61.9 Å². The van der Waals surface area contributed by atoms with Crippen LogP contribution in [0.4, 0.5) is 24.5 Å². The van der Waals surface area contributed by atoms with Crippen molar-refractivity contribution in [2.24, 2.45) is 0 Å². The second kappa shape index (κ2) is 8.57. The molecule has 40 heavy (non-hydrogen) atoms. The van der Waals surface area contributed by atoms with Crippen LogP contribution in [-0.4, -0.2) is 28.1 Å². The first-order valence-electron chi connectivity index (χ1n) is 12.8. The number of amides is 2. The van der Waals surface area contributed by atoms with Gasteiger partial charge in [-0.1, -0.05) is 12.1 Å². The lowest BCUT2D eigenvalue weighted by atomic mass is 9.94. The Morgan fingerprint density at radius 3 is 2.58 bits per heavy atom. The van der Waals surface area contributed by atoms with E-state index in [4.69, 9.17) is 4.42 Å². The number of nitrogens with one attached hydrogen (secondary N) is 1. The zero-order valence-corrected chi connectivity index (χ0v) is 21.2. The number of carbonyl (C=O) groups is 2. The number of furan rings is 1. The lowest BCUT2D eigenvalue weighted by molar-refractivity contribution is -0.142. The Kier molecular flexibility index (Phi) is 5.19. The summed E-state index contributed by atoms with van der Waals surface area (Å²) in [5.74, 6) is 0.159. The SMILES string of the molecule is CCN1C(=O)c2cccc3c(NC(=O)c4ccc(-n5nc(C(F)(F)F)c6c5-c5ccoc5CC6)cc4)ccc1c23. The summed E-state index contributed by atoms with van der Waals surface area (Å²) in [6.07, 6.45) is -2.60. The van der Waals surface area contributed by atoms with Gasteiger partial charge in [0, 0.05) is 51.7 Å². The average molecular weight is 543 g/mol. The number of nitrogens with zero attached hydrogens (tertiary/aromatic N) is 3. The van der Waals surface area contributed by atoms with Gasteiger partial charge in [0.25, 0.3) is 11.8 Å². The Morgan fingerprint density at radius 2 is 1.82 bits per heavy atom. The number of fused-ring (bicyclic) bond motifs is 3. The Hall–Kier alpha value is -4.86. The first-order valence-corrected chi connectivity index (χ1v) is 12.8. The first-order chi connectivity index (χ1) is 19.3. The summed E-state index contributed by atoms with van der Waals surface area (Å²) in [6.45, 7) is 2.44. The van der Waals surface area contributed by atoms with Crippen molar-refractivity contribution in [1.82, 2.24) is 9.78 Å². The Morgan fingerprint density at radius 1 is 1.02 bits per heavy atom. The van der Waals surface area contributed by atoms with Crippen LogP contribution in [0.1, 0.15) is 44.7 Å². The third-order valence-electron chi connectivity index (χ3n) is 7.58. The average Bonchev–Trinajstić information content (AvgIpc) is 3.65. The second-order valence-corrected chi connectivity index (χ2v) is 9.75. The van der Waals surface area contributed by atoms with Crippen LogP contribution < -0.4 is 10.2 Å². The highest BCUT2D eigenvalue weighted by atomic mass is 19.4. The van der Waals surface area contributed by atoms with Crippen LogP contribution in [0.3, 0.4) is 0 Å². The van der Waals surface area contributed by atoms with Crippen molar-refractivity contribution in [3.05, 3.63) is 95.1 Å². The van der Waals surface area contributed by atoms with Crippen LogP contribution in [0, 0.1) is 0 Å². The molecule has 0 fully saturated rings. The molecule has 3 aromatic carbocycles. The molecule has 0 spiro atoms. The van der Waals surface area contributed by atoms with Crippen molar-refractivity contribution < 1.29 is 27.2 Å². The van der Waals surface area contributed by atoms with Crippen molar-refractivity contribution in [2.75, 3.05) is 16.8 Å². The maximum atomic E-state index is 13.8. The van der Waals surface area contributed by atoms with Gasteiger partial charge in [-0.15, -0.1) is 0 Å². The zero-order valence-electron chi connectivity index (χ0n) is 21.2. The molecule has 1 aliphatic carbocycles. The molecule has 7 rings (SSSR count). The number of aromatic nitrogens is 2. The molecule has 10 heteroatoms. The van der Waals surface area contributed by atoms with Crippen LogP contribution in [0.2, 0.25) is 0 Å². The highest BCUT2D eigenvalue weighted by molar-refractivity contribution is 6.27. The van der Waals surface area contributed by atoms with Crippen LogP contribution in [0.15, 0.2) is 71.3 Å². The summed E-state index contributed by atoms with van der Waals surface area (Å²) >= 11 is 0. The van der Waals surface area contributed by atoms with Crippen molar-refractivity contribution in [3.8, 4) is 16.9 Å². The van der Waals surface area contributed by atoms with E-state index >= 15 is 0 Å². The number of carbonyl (C=O) groups excluding carboxylic acids is 2. The van der Waals surface area contributed by atoms with Gasteiger partial charge in [0.1, 0.15) is 5.76 Å². The lowest BCUT2D eigenvalue weighted by Gasteiger charge is -2.16. The normalized spacial score (nSPS) is 14.0. The Balaban J connectivity index is 1.22. The van der Waals surface area contributed by atoms with Gasteiger partial charge >= 0.3 is 6.18 Å². The molecular weight excluding hydrogens is 521 g/mol. The van der Waals surface area contributed by atoms with Crippen molar-refractivity contribution in [2.45, 2.75) is 25.9 Å². The van der Waals surface area contributed by atoms with Crippen LogP contribution in [0.25, 0.3) is 27.7 Å². The molecule has 2 aliphatic rings. The molecule has 1 N–H and O–H groups in total. The molecular formula is C30H21F3N4O3. The zero-order chi connectivity index (χ0) is 27.8. The van der Waals surface area contributed by atoms with E-state index in [1.54, 1.807) is 53.4 Å². The highest BCUT2D eigenvalue weighted by Crippen LogP contribution is 2.43. The molecule has 0 bridgehead atoms. The largest absolute Gasteiger partial charge is 0.469 e. The molecule has 0 saturated carbocycles. The van der Waals surface area contributed by atoms with Gasteiger partial charge < -0.3 is 14.6 Å². The number of benzene rings is 3. The minimum Gasteiger partial charge on any atom is -0.469 e. The summed E-state index contributed by atoms with van der Waals surface area (Å²) in [4.78, 5) is 27.7. The van der Waals surface area contributed by atoms with Crippen LogP contribution >= 0.6 is 0 Å². The molecule has 3 heterocycles. The van der Waals surface area contributed by atoms with Gasteiger partial charge in [-0.3, -0.25) is 9.59 Å². The van der Waals surface area contributed by atoms with Gasteiger partial charge in [-0.2, -0.15) is 18.3 Å². The highest BCUT2D eigenvalue weighted by Gasteiger charge is 2.41. The molecule has 0 radical (unpaired) electrons. The van der Waals surface area contributed by atoms with E-state index in [1.165, 1.54) is 10.9 Å². The third-order valence-corrected chi connectivity index (χ3v) is 7.58. The third kappa shape index (κ3) is 3.48. The topological polar surface area (TPSA) is 80.4 Å². The smallest absolute Gasteiger partial charge is 0.435 e. The van der Waals surface area contributed by atoms with E-state index in [2.05, 4.69) is 10.4 Å². The Labute approximate surface area is 225 Å². The summed E-state index contributed by atoms with van der Waals surface area (Å²) < 4.78 is 48.3. The monoisotopic (exact) mass is 542 g/mol. The van der Waals surface area contributed by atoms with Gasteiger partial charge in [0.05, 0.1) is 23.3 Å². The van der Waals surface area contributed by atoms with Gasteiger partial charge in [0.2, 0.25) is 0 Å². The van der Waals surface area contributed by atoms with Crippen molar-refractivity contribution in [3.63, 3.8) is 0 Å². The molecule has 200 valence electrons. The number of halogens is 3. The Bertz CT molecular complexity index is 1850. The van der Waals surface area contributed by atoms with E-state index in [0.29, 0.717) is 52.5 Å². The summed E-state index contributed by atoms with van der Waals surface area (Å²) in [5, 5.41) is 8.42. The molecule has 7 nitrogen and oxygen atoms in total. The molecule has 1 aliphatic heterocycles. The van der Waals surface area contributed by atoms with E-state index in [-0.39, 0.29) is 23.8 Å². The van der Waals surface area contributed by atoms with Gasteiger partial charge in [-0.25, -0.2) is 4.68 Å². The summed E-state index contributed by atoms with van der Waals surface area (Å²) in [6, 6.07) is 16.9. The minimum absolute atomic E-state index is 0.0702. The molecule has 2 aromatic heterocycles. The molecule has 0 atom stereocenters. The number of aryl methyl sites for hydroxylation is 1. The summed E-state index contributed by atoms with van der Waals surface area (Å²) in [7, 11) is 0. The summed E-state index contributed by atoms with van der Waals surface area (Å²) in [5.41, 5.74) is 2.82. The number of hydrogen-bond acceptors (Lipinski definition) is 4. The van der Waals surface area contributed by atoms with E-state index < -0.39 is 11.9 Å². The number of alkyl halides is 3. The predicted octanol–water partition coefficient (Wildman–Crippen LogP) is 6.64. The molecule has 2 amide bonds. The lowest BCUT2D eigenvalue weighted by Crippen LogP contribution is -2.25. The van der Waals surface area contributed by atoms with E-state index in [9.17, 15) is 22.8 Å². The van der Waals surface area contributed by atoms with E-state index in [1.807, 2.05) is 19.1 Å². The first kappa shape index (κ1) is 24.2. The van der Waals surface area contributed by atoms with E-state index in [0.717, 1.165) is 16.5 Å². The standard InChI is InChI=1S/C30H21F3N4O3/c1-2-36-23-12-11-22(18-4-3-5-20(25(18)23)29(36)39)34-28(38)16-6-8-17(9-7-16)37-26-19-14-15-40-24(19)13-10-21(26)27(35-37)30(31,32)33/h3-9,11-12,14-15H,2,10,13H2,1H3,(H,34,38). The predicted molar refractivity (Wildman–Crippen MR) is 143 cm³/mol. The maximum Gasteiger partial charge on any atom is 0.435 e. The van der Waals surface area contributed by atoms with Gasteiger partial charge in [0.15, 0.2) is 5.69 Å². The second-order valence-electron chi connectivity index (χ2n) is 9.75. The fourth-order valence-electron chi connectivity index (χ4n) is 5.78. The van der Waals surface area contributed by atoms with Crippen molar-refractivity contribution in [1.29, 1.82) is 0 Å². The quantitative estimate of drug-likeness (QED) is 0.276. The molecule has 0 saturated heterocycles. The number of hydrogen-bond donors (Lipinski definition) is 1. The van der Waals surface area contributed by atoms with Crippen LogP contribution in [-0.2, 0) is 19.0 Å². The minimum atomic E-state index is -4.60. The number of rotatable bonds is 4. The van der Waals surface area contributed by atoms with Crippen molar-refractivity contribution >= 4 is 34.0 Å². The maximum absolute atomic E-state index is 13.8. The molecule has 0 unspecified atom stereocenters.